The monoisotopic (exact) mass is 393 g/mol. The zero-order chi connectivity index (χ0) is 21.0. The maximum absolute atomic E-state index is 12.9. The third kappa shape index (κ3) is 5.39. The molecule has 0 unspecified atom stereocenters. The van der Waals surface area contributed by atoms with Crippen LogP contribution in [0.15, 0.2) is 42.5 Å². The molecule has 29 heavy (non-hydrogen) atoms. The Labute approximate surface area is 175 Å². The first-order valence-corrected chi connectivity index (χ1v) is 10.8. The Kier molecular flexibility index (Phi) is 6.96. The number of hydrogen-bond donors (Lipinski definition) is 1. The molecule has 0 aromatic heterocycles. The first-order valence-electron chi connectivity index (χ1n) is 10.8. The van der Waals surface area contributed by atoms with Crippen LogP contribution >= 0.6 is 0 Å². The van der Waals surface area contributed by atoms with Gasteiger partial charge in [0.05, 0.1) is 6.54 Å². The number of hydrogen-bond acceptors (Lipinski definition) is 3. The predicted octanol–water partition coefficient (Wildman–Crippen LogP) is 5.00. The van der Waals surface area contributed by atoms with E-state index in [0.717, 1.165) is 31.9 Å². The van der Waals surface area contributed by atoms with Gasteiger partial charge in [-0.05, 0) is 47.6 Å². The van der Waals surface area contributed by atoms with Gasteiger partial charge < -0.3 is 10.2 Å². The summed E-state index contributed by atoms with van der Waals surface area (Å²) in [5, 5.41) is 3.25. The Hall–Kier alpha value is -2.33. The molecule has 1 aliphatic heterocycles. The highest BCUT2D eigenvalue weighted by Crippen LogP contribution is 2.32. The van der Waals surface area contributed by atoms with Crippen molar-refractivity contribution in [2.75, 3.05) is 42.9 Å². The fraction of sp³-hybridized carbons (Fsp3) is 0.480. The Bertz CT molecular complexity index is 809. The van der Waals surface area contributed by atoms with Crippen molar-refractivity contribution in [3.05, 3.63) is 59.2 Å². The Balaban J connectivity index is 1.61. The molecule has 1 saturated heterocycles. The van der Waals surface area contributed by atoms with Crippen molar-refractivity contribution in [2.45, 2.75) is 46.5 Å². The Morgan fingerprint density at radius 2 is 1.52 bits per heavy atom. The molecule has 156 valence electrons. The highest BCUT2D eigenvalue weighted by atomic mass is 16.2. The van der Waals surface area contributed by atoms with E-state index >= 15 is 0 Å². The molecule has 2 aromatic rings. The summed E-state index contributed by atoms with van der Waals surface area (Å²) in [5.41, 5.74) is 6.01. The van der Waals surface area contributed by atoms with Crippen LogP contribution in [0.25, 0.3) is 0 Å². The molecule has 0 spiro atoms. The van der Waals surface area contributed by atoms with Crippen molar-refractivity contribution in [1.82, 2.24) is 4.90 Å². The molecule has 4 nitrogen and oxygen atoms in total. The number of para-hydroxylation sites is 1. The molecule has 0 atom stereocenters. The molecule has 2 aromatic carbocycles. The topological polar surface area (TPSA) is 35.6 Å². The molecule has 1 N–H and O–H groups in total. The molecule has 0 bridgehead atoms. The maximum atomic E-state index is 12.9. The molecular formula is C25H35N3O. The van der Waals surface area contributed by atoms with Gasteiger partial charge in [-0.2, -0.15) is 0 Å². The van der Waals surface area contributed by atoms with E-state index in [1.54, 1.807) is 0 Å². The fourth-order valence-corrected chi connectivity index (χ4v) is 4.07. The fourth-order valence-electron chi connectivity index (χ4n) is 4.07. The summed E-state index contributed by atoms with van der Waals surface area (Å²) >= 11 is 0. The number of nitrogens with one attached hydrogen (secondary N) is 1. The lowest BCUT2D eigenvalue weighted by Gasteiger charge is -2.36. The lowest BCUT2D eigenvalue weighted by atomic mass is 9.92. The molecule has 1 heterocycles. The largest absolute Gasteiger partial charge is 0.369 e. The minimum Gasteiger partial charge on any atom is -0.369 e. The van der Waals surface area contributed by atoms with Crippen LogP contribution in [0.5, 0.6) is 0 Å². The Morgan fingerprint density at radius 3 is 2.07 bits per heavy atom. The zero-order valence-electron chi connectivity index (χ0n) is 18.5. The minimum atomic E-state index is 0.0870. The molecule has 1 fully saturated rings. The van der Waals surface area contributed by atoms with E-state index in [-0.39, 0.29) is 5.91 Å². The van der Waals surface area contributed by atoms with Crippen LogP contribution in [0, 0.1) is 6.92 Å². The minimum absolute atomic E-state index is 0.0870. The van der Waals surface area contributed by atoms with Crippen LogP contribution in [-0.2, 0) is 4.79 Å². The highest BCUT2D eigenvalue weighted by molar-refractivity contribution is 5.94. The van der Waals surface area contributed by atoms with E-state index < -0.39 is 0 Å². The number of rotatable bonds is 6. The van der Waals surface area contributed by atoms with Gasteiger partial charge in [0, 0.05) is 37.6 Å². The summed E-state index contributed by atoms with van der Waals surface area (Å²) in [6.45, 7) is 15.0. The van der Waals surface area contributed by atoms with Crippen molar-refractivity contribution in [3.63, 3.8) is 0 Å². The van der Waals surface area contributed by atoms with Gasteiger partial charge in [-0.1, -0.05) is 58.0 Å². The number of benzene rings is 2. The predicted molar refractivity (Wildman–Crippen MR) is 123 cm³/mol. The molecule has 1 amide bonds. The molecule has 3 rings (SSSR count). The smallest absolute Gasteiger partial charge is 0.238 e. The average molecular weight is 394 g/mol. The van der Waals surface area contributed by atoms with Gasteiger partial charge in [-0.3, -0.25) is 9.69 Å². The third-order valence-electron chi connectivity index (χ3n) is 5.74. The van der Waals surface area contributed by atoms with Gasteiger partial charge in [-0.25, -0.2) is 0 Å². The van der Waals surface area contributed by atoms with Gasteiger partial charge in [0.1, 0.15) is 0 Å². The zero-order valence-corrected chi connectivity index (χ0v) is 18.5. The van der Waals surface area contributed by atoms with Crippen LogP contribution in [-0.4, -0.2) is 43.5 Å². The van der Waals surface area contributed by atoms with E-state index in [1.807, 2.05) is 0 Å². The summed E-state index contributed by atoms with van der Waals surface area (Å²) in [6, 6.07) is 15.0. The van der Waals surface area contributed by atoms with Crippen molar-refractivity contribution in [3.8, 4) is 0 Å². The summed E-state index contributed by atoms with van der Waals surface area (Å²) in [4.78, 5) is 17.5. The number of piperazine rings is 1. The standard InChI is InChI=1S/C25H35N3O/c1-18(2)22-10-7-11-23(19(3)4)25(22)26-24(29)17-27-12-14-28(15-13-27)21-9-6-8-20(5)16-21/h6-11,16,18-19H,12-15,17H2,1-5H3,(H,26,29). The van der Waals surface area contributed by atoms with Crippen LogP contribution in [0.4, 0.5) is 11.4 Å². The molecule has 4 heteroatoms. The van der Waals surface area contributed by atoms with Crippen LogP contribution in [0.1, 0.15) is 56.2 Å². The van der Waals surface area contributed by atoms with E-state index in [2.05, 4.69) is 92.2 Å². The Morgan fingerprint density at radius 1 is 0.931 bits per heavy atom. The number of aryl methyl sites for hydroxylation is 1. The van der Waals surface area contributed by atoms with Gasteiger partial charge in [0.15, 0.2) is 0 Å². The van der Waals surface area contributed by atoms with Crippen LogP contribution in [0.3, 0.4) is 0 Å². The molecule has 0 saturated carbocycles. The molecule has 0 aliphatic carbocycles. The lowest BCUT2D eigenvalue weighted by molar-refractivity contribution is -0.117. The van der Waals surface area contributed by atoms with Crippen LogP contribution < -0.4 is 10.2 Å². The summed E-state index contributed by atoms with van der Waals surface area (Å²) in [7, 11) is 0. The van der Waals surface area contributed by atoms with E-state index in [9.17, 15) is 4.79 Å². The van der Waals surface area contributed by atoms with Gasteiger partial charge >= 0.3 is 0 Å². The van der Waals surface area contributed by atoms with Gasteiger partial charge in [0.25, 0.3) is 0 Å². The quantitative estimate of drug-likeness (QED) is 0.750. The second-order valence-electron chi connectivity index (χ2n) is 8.77. The van der Waals surface area contributed by atoms with Crippen molar-refractivity contribution < 1.29 is 4.79 Å². The molecule has 0 radical (unpaired) electrons. The second kappa shape index (κ2) is 9.45. The van der Waals surface area contributed by atoms with E-state index in [4.69, 9.17) is 0 Å². The van der Waals surface area contributed by atoms with E-state index in [0.29, 0.717) is 18.4 Å². The number of anilines is 2. The summed E-state index contributed by atoms with van der Waals surface area (Å²) < 4.78 is 0. The van der Waals surface area contributed by atoms with Gasteiger partial charge in [-0.15, -0.1) is 0 Å². The van der Waals surface area contributed by atoms with E-state index in [1.165, 1.54) is 22.4 Å². The molecular weight excluding hydrogens is 358 g/mol. The normalized spacial score (nSPS) is 15.2. The number of nitrogens with zero attached hydrogens (tertiary/aromatic N) is 2. The van der Waals surface area contributed by atoms with Gasteiger partial charge in [0.2, 0.25) is 5.91 Å². The molecule has 1 aliphatic rings. The summed E-state index contributed by atoms with van der Waals surface area (Å²) in [6.07, 6.45) is 0. The van der Waals surface area contributed by atoms with Crippen molar-refractivity contribution >= 4 is 17.3 Å². The first-order chi connectivity index (χ1) is 13.8. The van der Waals surface area contributed by atoms with Crippen molar-refractivity contribution in [1.29, 1.82) is 0 Å². The lowest BCUT2D eigenvalue weighted by Crippen LogP contribution is -2.48. The summed E-state index contributed by atoms with van der Waals surface area (Å²) in [5.74, 6) is 0.841. The number of amides is 1. The van der Waals surface area contributed by atoms with Crippen LogP contribution in [0.2, 0.25) is 0 Å². The average Bonchev–Trinajstić information content (AvgIpc) is 2.68. The second-order valence-corrected chi connectivity index (χ2v) is 8.77. The third-order valence-corrected chi connectivity index (χ3v) is 5.74. The maximum Gasteiger partial charge on any atom is 0.238 e. The SMILES string of the molecule is Cc1cccc(N2CCN(CC(=O)Nc3c(C(C)C)cccc3C(C)C)CC2)c1. The number of carbonyl (C=O) groups is 1. The first kappa shape index (κ1) is 21.4. The number of carbonyl (C=O) groups excluding carboxylic acids is 1. The highest BCUT2D eigenvalue weighted by Gasteiger charge is 2.21. The van der Waals surface area contributed by atoms with Crippen molar-refractivity contribution in [2.24, 2.45) is 0 Å².